The number of halogens is 1. The molecule has 3 N–H and O–H groups in total. The zero-order chi connectivity index (χ0) is 12.1. The van der Waals surface area contributed by atoms with Crippen molar-refractivity contribution in [1.82, 2.24) is 0 Å². The first-order chi connectivity index (χ1) is 7.54. The van der Waals surface area contributed by atoms with Crippen LogP contribution in [0.15, 0.2) is 18.2 Å². The van der Waals surface area contributed by atoms with Gasteiger partial charge in [0.15, 0.2) is 0 Å². The second-order valence-electron chi connectivity index (χ2n) is 3.51. The van der Waals surface area contributed by atoms with Gasteiger partial charge in [-0.25, -0.2) is 4.39 Å². The van der Waals surface area contributed by atoms with Gasteiger partial charge in [0.25, 0.3) is 0 Å². The quantitative estimate of drug-likeness (QED) is 0.693. The Kier molecular flexibility index (Phi) is 4.67. The minimum absolute atomic E-state index is 0.107. The van der Waals surface area contributed by atoms with Crippen LogP contribution in [-0.4, -0.2) is 34.6 Å². The second kappa shape index (κ2) is 5.79. The van der Waals surface area contributed by atoms with Gasteiger partial charge in [0.2, 0.25) is 0 Å². The highest BCUT2D eigenvalue weighted by Crippen LogP contribution is 2.21. The lowest BCUT2D eigenvalue weighted by Gasteiger charge is -2.11. The molecule has 0 heterocycles. The SMILES string of the molecule is CC(O)c1ccc(OCC(O)CO)cc1F. The molecule has 16 heavy (non-hydrogen) atoms. The minimum atomic E-state index is -0.987. The van der Waals surface area contributed by atoms with E-state index in [1.54, 1.807) is 0 Å². The summed E-state index contributed by atoms with van der Waals surface area (Å²) in [5.74, 6) is -0.319. The summed E-state index contributed by atoms with van der Waals surface area (Å²) in [5, 5.41) is 26.8. The molecule has 0 fully saturated rings. The molecule has 1 aromatic rings. The number of rotatable bonds is 5. The average Bonchev–Trinajstić information content (AvgIpc) is 2.25. The standard InChI is InChI=1S/C11H15FO4/c1-7(14)10-3-2-9(4-11(10)12)16-6-8(15)5-13/h2-4,7-8,13-15H,5-6H2,1H3. The van der Waals surface area contributed by atoms with Crippen LogP contribution in [0.4, 0.5) is 4.39 Å². The first-order valence-corrected chi connectivity index (χ1v) is 4.93. The number of hydrogen-bond donors (Lipinski definition) is 3. The van der Waals surface area contributed by atoms with Crippen LogP contribution < -0.4 is 4.74 Å². The third kappa shape index (κ3) is 3.44. The van der Waals surface area contributed by atoms with E-state index in [-0.39, 0.29) is 17.9 Å². The zero-order valence-corrected chi connectivity index (χ0v) is 8.93. The predicted octanol–water partition coefficient (Wildman–Crippen LogP) is 0.611. The molecule has 0 aromatic heterocycles. The van der Waals surface area contributed by atoms with Crippen LogP contribution in [0.1, 0.15) is 18.6 Å². The number of aliphatic hydroxyl groups is 3. The third-order valence-corrected chi connectivity index (χ3v) is 2.08. The Balaban J connectivity index is 2.66. The molecule has 2 atom stereocenters. The van der Waals surface area contributed by atoms with E-state index in [4.69, 9.17) is 14.9 Å². The Morgan fingerprint density at radius 3 is 2.56 bits per heavy atom. The van der Waals surface area contributed by atoms with Gasteiger partial charge in [-0.05, 0) is 19.1 Å². The largest absolute Gasteiger partial charge is 0.491 e. The topological polar surface area (TPSA) is 69.9 Å². The lowest BCUT2D eigenvalue weighted by molar-refractivity contribution is 0.0534. The van der Waals surface area contributed by atoms with Gasteiger partial charge in [-0.15, -0.1) is 0 Å². The van der Waals surface area contributed by atoms with E-state index in [2.05, 4.69) is 0 Å². The molecule has 0 aliphatic heterocycles. The average molecular weight is 230 g/mol. The fourth-order valence-electron chi connectivity index (χ4n) is 1.18. The summed E-state index contributed by atoms with van der Waals surface area (Å²) in [6.45, 7) is 0.951. The van der Waals surface area contributed by atoms with E-state index in [1.165, 1.54) is 19.1 Å². The van der Waals surface area contributed by atoms with E-state index in [0.717, 1.165) is 6.07 Å². The first kappa shape index (κ1) is 12.9. The van der Waals surface area contributed by atoms with E-state index in [9.17, 15) is 9.50 Å². The van der Waals surface area contributed by atoms with E-state index in [1.807, 2.05) is 0 Å². The molecule has 1 aromatic carbocycles. The molecule has 2 unspecified atom stereocenters. The van der Waals surface area contributed by atoms with Crippen molar-refractivity contribution in [3.63, 3.8) is 0 Å². The fourth-order valence-corrected chi connectivity index (χ4v) is 1.18. The van der Waals surface area contributed by atoms with Crippen LogP contribution in [0.5, 0.6) is 5.75 Å². The van der Waals surface area contributed by atoms with Crippen LogP contribution in [0.25, 0.3) is 0 Å². The molecule has 0 saturated heterocycles. The fraction of sp³-hybridized carbons (Fsp3) is 0.455. The second-order valence-corrected chi connectivity index (χ2v) is 3.51. The normalized spacial score (nSPS) is 14.6. The molecule has 0 spiro atoms. The van der Waals surface area contributed by atoms with Crippen molar-refractivity contribution in [2.24, 2.45) is 0 Å². The predicted molar refractivity (Wildman–Crippen MR) is 55.6 cm³/mol. The minimum Gasteiger partial charge on any atom is -0.491 e. The Bertz CT molecular complexity index is 341. The summed E-state index contributed by atoms with van der Waals surface area (Å²) < 4.78 is 18.4. The Labute approximate surface area is 92.9 Å². The van der Waals surface area contributed by atoms with Gasteiger partial charge in [0.05, 0.1) is 12.7 Å². The molecule has 1 rings (SSSR count). The summed E-state index contributed by atoms with van der Waals surface area (Å²) in [5.41, 5.74) is 0.190. The van der Waals surface area contributed by atoms with Crippen LogP contribution in [-0.2, 0) is 0 Å². The van der Waals surface area contributed by atoms with Crippen molar-refractivity contribution in [2.45, 2.75) is 19.1 Å². The summed E-state index contributed by atoms with van der Waals surface area (Å²) >= 11 is 0. The maximum absolute atomic E-state index is 13.4. The van der Waals surface area contributed by atoms with Gasteiger partial charge < -0.3 is 20.1 Å². The van der Waals surface area contributed by atoms with Gasteiger partial charge in [0, 0.05) is 11.6 Å². The number of ether oxygens (including phenoxy) is 1. The molecule has 0 saturated carbocycles. The number of hydrogen-bond acceptors (Lipinski definition) is 4. The first-order valence-electron chi connectivity index (χ1n) is 4.93. The summed E-state index contributed by atoms with van der Waals surface area (Å²) in [6, 6.07) is 4.04. The molecular formula is C11H15FO4. The Hall–Kier alpha value is -1.17. The van der Waals surface area contributed by atoms with Crippen molar-refractivity contribution in [1.29, 1.82) is 0 Å². The van der Waals surface area contributed by atoms with Crippen LogP contribution in [0.2, 0.25) is 0 Å². The van der Waals surface area contributed by atoms with Crippen molar-refractivity contribution in [2.75, 3.05) is 13.2 Å². The van der Waals surface area contributed by atoms with Crippen molar-refractivity contribution >= 4 is 0 Å². The van der Waals surface area contributed by atoms with Crippen molar-refractivity contribution < 1.29 is 24.4 Å². The molecule has 0 aliphatic rings. The van der Waals surface area contributed by atoms with Gasteiger partial charge in [-0.3, -0.25) is 0 Å². The van der Waals surface area contributed by atoms with E-state index < -0.39 is 24.6 Å². The van der Waals surface area contributed by atoms with Crippen molar-refractivity contribution in [3.8, 4) is 5.75 Å². The van der Waals surface area contributed by atoms with Gasteiger partial charge in [0.1, 0.15) is 24.3 Å². The number of aliphatic hydroxyl groups excluding tert-OH is 3. The van der Waals surface area contributed by atoms with E-state index >= 15 is 0 Å². The monoisotopic (exact) mass is 230 g/mol. The summed E-state index contributed by atoms with van der Waals surface area (Å²) in [4.78, 5) is 0. The van der Waals surface area contributed by atoms with Gasteiger partial charge in [-0.2, -0.15) is 0 Å². The van der Waals surface area contributed by atoms with Crippen LogP contribution in [0, 0.1) is 5.82 Å². The zero-order valence-electron chi connectivity index (χ0n) is 8.93. The van der Waals surface area contributed by atoms with Gasteiger partial charge >= 0.3 is 0 Å². The lowest BCUT2D eigenvalue weighted by atomic mass is 10.1. The van der Waals surface area contributed by atoms with Crippen LogP contribution in [0.3, 0.4) is 0 Å². The molecule has 0 radical (unpaired) electrons. The highest BCUT2D eigenvalue weighted by atomic mass is 19.1. The van der Waals surface area contributed by atoms with E-state index in [0.29, 0.717) is 0 Å². The lowest BCUT2D eigenvalue weighted by Crippen LogP contribution is -2.21. The number of benzene rings is 1. The molecule has 90 valence electrons. The molecule has 0 bridgehead atoms. The highest BCUT2D eigenvalue weighted by Gasteiger charge is 2.10. The molecular weight excluding hydrogens is 215 g/mol. The summed E-state index contributed by atoms with van der Waals surface area (Å²) in [7, 11) is 0. The molecule has 4 nitrogen and oxygen atoms in total. The maximum atomic E-state index is 13.4. The van der Waals surface area contributed by atoms with Crippen molar-refractivity contribution in [3.05, 3.63) is 29.6 Å². The Morgan fingerprint density at radius 1 is 1.38 bits per heavy atom. The molecule has 5 heteroatoms. The van der Waals surface area contributed by atoms with Gasteiger partial charge in [-0.1, -0.05) is 0 Å². The Morgan fingerprint density at radius 2 is 2.06 bits per heavy atom. The summed E-state index contributed by atoms with van der Waals surface area (Å²) in [6.07, 6.45) is -1.86. The highest BCUT2D eigenvalue weighted by molar-refractivity contribution is 5.30. The van der Waals surface area contributed by atoms with Crippen LogP contribution >= 0.6 is 0 Å². The maximum Gasteiger partial charge on any atom is 0.132 e. The molecule has 0 amide bonds. The smallest absolute Gasteiger partial charge is 0.132 e. The molecule has 0 aliphatic carbocycles. The third-order valence-electron chi connectivity index (χ3n) is 2.08.